The van der Waals surface area contributed by atoms with Crippen LogP contribution in [-0.4, -0.2) is 50.3 Å². The Labute approximate surface area is 160 Å². The highest BCUT2D eigenvalue weighted by Gasteiger charge is 2.24. The molecule has 1 unspecified atom stereocenters. The summed E-state index contributed by atoms with van der Waals surface area (Å²) in [5, 5.41) is 2.95. The van der Waals surface area contributed by atoms with Crippen LogP contribution >= 0.6 is 0 Å². The second kappa shape index (κ2) is 9.90. The van der Waals surface area contributed by atoms with Crippen LogP contribution in [0.1, 0.15) is 12.0 Å². The van der Waals surface area contributed by atoms with E-state index in [2.05, 4.69) is 34.5 Å². The fourth-order valence-corrected chi connectivity index (χ4v) is 3.11. The number of amides is 1. The molecule has 1 saturated heterocycles. The number of morpholine rings is 1. The highest BCUT2D eigenvalue weighted by Crippen LogP contribution is 2.17. The zero-order valence-corrected chi connectivity index (χ0v) is 15.6. The smallest absolute Gasteiger partial charge is 0.226 e. The Hall–Kier alpha value is -2.63. The molecule has 1 heterocycles. The number of carbonyl (C=O) groups excluding carboxylic acids is 1. The van der Waals surface area contributed by atoms with Gasteiger partial charge in [0.05, 0.1) is 20.3 Å². The van der Waals surface area contributed by atoms with Gasteiger partial charge in [0.2, 0.25) is 5.91 Å². The average Bonchev–Trinajstić information content (AvgIpc) is 2.70. The van der Waals surface area contributed by atoms with Crippen molar-refractivity contribution in [1.82, 2.24) is 4.90 Å². The molecular weight excluding hydrogens is 340 g/mol. The maximum absolute atomic E-state index is 12.4. The van der Waals surface area contributed by atoms with Gasteiger partial charge in [0.15, 0.2) is 0 Å². The van der Waals surface area contributed by atoms with Gasteiger partial charge in [-0.15, -0.1) is 0 Å². The van der Waals surface area contributed by atoms with E-state index >= 15 is 0 Å². The van der Waals surface area contributed by atoms with Gasteiger partial charge in [0.1, 0.15) is 5.75 Å². The third-order valence-corrected chi connectivity index (χ3v) is 4.59. The summed E-state index contributed by atoms with van der Waals surface area (Å²) in [6.07, 6.45) is 4.67. The SMILES string of the molecule is COc1ccc(NC(=O)CC2COCCN2C/C=C/c2ccccc2)cc1. The van der Waals surface area contributed by atoms with Crippen molar-refractivity contribution in [1.29, 1.82) is 0 Å². The van der Waals surface area contributed by atoms with Crippen LogP contribution < -0.4 is 10.1 Å². The number of carbonyl (C=O) groups is 1. The van der Waals surface area contributed by atoms with Crippen molar-refractivity contribution in [3.05, 3.63) is 66.2 Å². The third kappa shape index (κ3) is 5.94. The van der Waals surface area contributed by atoms with Gasteiger partial charge >= 0.3 is 0 Å². The molecule has 1 aliphatic heterocycles. The summed E-state index contributed by atoms with van der Waals surface area (Å²) in [7, 11) is 1.62. The summed E-state index contributed by atoms with van der Waals surface area (Å²) in [4.78, 5) is 14.7. The first-order chi connectivity index (χ1) is 13.2. The van der Waals surface area contributed by atoms with Crippen LogP contribution in [0.4, 0.5) is 5.69 Å². The Morgan fingerprint density at radius 3 is 2.74 bits per heavy atom. The van der Waals surface area contributed by atoms with Crippen molar-refractivity contribution in [2.45, 2.75) is 12.5 Å². The van der Waals surface area contributed by atoms with E-state index in [1.165, 1.54) is 5.56 Å². The molecule has 5 heteroatoms. The van der Waals surface area contributed by atoms with E-state index in [4.69, 9.17) is 9.47 Å². The van der Waals surface area contributed by atoms with Crippen LogP contribution in [0.15, 0.2) is 60.7 Å². The maximum Gasteiger partial charge on any atom is 0.226 e. The highest BCUT2D eigenvalue weighted by molar-refractivity contribution is 5.91. The summed E-state index contributed by atoms with van der Waals surface area (Å²) in [5.74, 6) is 0.762. The first-order valence-electron chi connectivity index (χ1n) is 9.22. The lowest BCUT2D eigenvalue weighted by Gasteiger charge is -2.34. The predicted octanol–water partition coefficient (Wildman–Crippen LogP) is 3.44. The second-order valence-corrected chi connectivity index (χ2v) is 6.52. The summed E-state index contributed by atoms with van der Waals surface area (Å²) in [6.45, 7) is 2.92. The molecule has 0 bridgehead atoms. The number of hydrogen-bond acceptors (Lipinski definition) is 4. The minimum absolute atomic E-state index is 0.00675. The summed E-state index contributed by atoms with van der Waals surface area (Å²) < 4.78 is 10.7. The molecule has 1 aliphatic rings. The average molecular weight is 366 g/mol. The number of benzene rings is 2. The van der Waals surface area contributed by atoms with E-state index < -0.39 is 0 Å². The molecule has 1 N–H and O–H groups in total. The molecule has 0 aliphatic carbocycles. The van der Waals surface area contributed by atoms with E-state index in [9.17, 15) is 4.79 Å². The highest BCUT2D eigenvalue weighted by atomic mass is 16.5. The lowest BCUT2D eigenvalue weighted by atomic mass is 10.1. The number of anilines is 1. The fraction of sp³-hybridized carbons (Fsp3) is 0.318. The monoisotopic (exact) mass is 366 g/mol. The Morgan fingerprint density at radius 1 is 1.22 bits per heavy atom. The quantitative estimate of drug-likeness (QED) is 0.816. The Bertz CT molecular complexity index is 744. The predicted molar refractivity (Wildman–Crippen MR) is 108 cm³/mol. The molecule has 27 heavy (non-hydrogen) atoms. The van der Waals surface area contributed by atoms with Crippen molar-refractivity contribution in [3.8, 4) is 5.75 Å². The number of rotatable bonds is 7. The number of nitrogens with zero attached hydrogens (tertiary/aromatic N) is 1. The number of ether oxygens (including phenoxy) is 2. The van der Waals surface area contributed by atoms with E-state index in [1.54, 1.807) is 7.11 Å². The molecule has 142 valence electrons. The number of hydrogen-bond donors (Lipinski definition) is 1. The molecular formula is C22H26N2O3. The van der Waals surface area contributed by atoms with E-state index in [0.717, 1.165) is 24.5 Å². The van der Waals surface area contributed by atoms with Crippen LogP contribution in [0.3, 0.4) is 0 Å². The van der Waals surface area contributed by atoms with Crippen LogP contribution in [0, 0.1) is 0 Å². The molecule has 3 rings (SSSR count). The molecule has 0 radical (unpaired) electrons. The minimum Gasteiger partial charge on any atom is -0.497 e. The first kappa shape index (κ1) is 19.1. The van der Waals surface area contributed by atoms with Crippen LogP contribution in [-0.2, 0) is 9.53 Å². The maximum atomic E-state index is 12.4. The molecule has 1 amide bonds. The van der Waals surface area contributed by atoms with Gasteiger partial charge in [-0.3, -0.25) is 9.69 Å². The lowest BCUT2D eigenvalue weighted by Crippen LogP contribution is -2.47. The van der Waals surface area contributed by atoms with Gasteiger partial charge in [0, 0.05) is 31.2 Å². The molecule has 0 aromatic heterocycles. The van der Waals surface area contributed by atoms with Crippen LogP contribution in [0.25, 0.3) is 6.08 Å². The lowest BCUT2D eigenvalue weighted by molar-refractivity contribution is -0.119. The molecule has 1 fully saturated rings. The molecule has 5 nitrogen and oxygen atoms in total. The summed E-state index contributed by atoms with van der Waals surface area (Å²) >= 11 is 0. The van der Waals surface area contributed by atoms with Gasteiger partial charge in [-0.25, -0.2) is 0 Å². The topological polar surface area (TPSA) is 50.8 Å². The van der Waals surface area contributed by atoms with Crippen LogP contribution in [0.5, 0.6) is 5.75 Å². The van der Waals surface area contributed by atoms with Gasteiger partial charge in [0.25, 0.3) is 0 Å². The Balaban J connectivity index is 1.53. The van der Waals surface area contributed by atoms with Gasteiger partial charge < -0.3 is 14.8 Å². The van der Waals surface area contributed by atoms with Crippen molar-refractivity contribution in [2.24, 2.45) is 0 Å². The van der Waals surface area contributed by atoms with Gasteiger partial charge in [-0.2, -0.15) is 0 Å². The molecule has 1 atom stereocenters. The standard InChI is InChI=1S/C22H26N2O3/c1-26-21-11-9-19(10-12-21)23-22(25)16-20-17-27-15-14-24(20)13-5-8-18-6-3-2-4-7-18/h2-12,20H,13-17H2,1H3,(H,23,25)/b8-5+. The van der Waals surface area contributed by atoms with Crippen molar-refractivity contribution < 1.29 is 14.3 Å². The van der Waals surface area contributed by atoms with E-state index in [-0.39, 0.29) is 11.9 Å². The second-order valence-electron chi connectivity index (χ2n) is 6.52. The Kier molecular flexibility index (Phi) is 7.02. The zero-order valence-electron chi connectivity index (χ0n) is 15.6. The number of methoxy groups -OCH3 is 1. The van der Waals surface area contributed by atoms with E-state index in [1.807, 2.05) is 42.5 Å². The van der Waals surface area contributed by atoms with Gasteiger partial charge in [-0.05, 0) is 29.8 Å². The molecule has 0 spiro atoms. The summed E-state index contributed by atoms with van der Waals surface area (Å²) in [6, 6.07) is 17.7. The largest absolute Gasteiger partial charge is 0.497 e. The summed E-state index contributed by atoms with van der Waals surface area (Å²) in [5.41, 5.74) is 1.95. The minimum atomic E-state index is -0.00675. The number of nitrogens with one attached hydrogen (secondary N) is 1. The van der Waals surface area contributed by atoms with Crippen LogP contribution in [0.2, 0.25) is 0 Å². The zero-order chi connectivity index (χ0) is 18.9. The van der Waals surface area contributed by atoms with Gasteiger partial charge in [-0.1, -0.05) is 42.5 Å². The van der Waals surface area contributed by atoms with E-state index in [0.29, 0.717) is 19.6 Å². The van der Waals surface area contributed by atoms with Crippen molar-refractivity contribution in [3.63, 3.8) is 0 Å². The van der Waals surface area contributed by atoms with Crippen molar-refractivity contribution >= 4 is 17.7 Å². The fourth-order valence-electron chi connectivity index (χ4n) is 3.11. The first-order valence-corrected chi connectivity index (χ1v) is 9.22. The van der Waals surface area contributed by atoms with Crippen molar-refractivity contribution in [2.75, 3.05) is 38.7 Å². The molecule has 2 aromatic rings. The molecule has 2 aromatic carbocycles. The Morgan fingerprint density at radius 2 is 2.00 bits per heavy atom. The normalized spacial score (nSPS) is 17.7. The third-order valence-electron chi connectivity index (χ3n) is 4.59. The molecule has 0 saturated carbocycles.